The minimum atomic E-state index is -0.701. The predicted octanol–water partition coefficient (Wildman–Crippen LogP) is 3.43. The van der Waals surface area contributed by atoms with Crippen LogP contribution in [0.3, 0.4) is 0 Å². The van der Waals surface area contributed by atoms with E-state index >= 15 is 0 Å². The molecule has 0 spiro atoms. The number of hydrogen-bond acceptors (Lipinski definition) is 7. The van der Waals surface area contributed by atoms with E-state index in [1.807, 2.05) is 0 Å². The Morgan fingerprint density at radius 2 is 0.862 bits per heavy atom. The third kappa shape index (κ3) is 36.2. The molecule has 5 N–H and O–H groups in total. The van der Waals surface area contributed by atoms with E-state index in [1.54, 1.807) is 0 Å². The van der Waals surface area contributed by atoms with Crippen molar-refractivity contribution < 1.29 is 33.4 Å². The van der Waals surface area contributed by atoms with Gasteiger partial charge in [-0.15, -0.1) is 6.42 Å². The molecule has 0 aliphatic heterocycles. The topological polar surface area (TPSA) is 167 Å². The maximum atomic E-state index is 13.0. The van der Waals surface area contributed by atoms with Crippen LogP contribution in [0.4, 0.5) is 19.2 Å². The summed E-state index contributed by atoms with van der Waals surface area (Å²) < 4.78 is 9.47. The van der Waals surface area contributed by atoms with Crippen LogP contribution in [0.2, 0.25) is 0 Å². The number of ether oxygens (including phenoxy) is 2. The second-order valence-corrected chi connectivity index (χ2v) is 11.3. The summed E-state index contributed by atoms with van der Waals surface area (Å²) in [5.74, 6) is 38.6. The molecule has 0 radical (unpaired) electrons. The summed E-state index contributed by atoms with van der Waals surface area (Å²) in [6.45, 7) is 7.55. The number of nitrogens with zero attached hydrogens (tertiary/aromatic N) is 1. The average Bonchev–Trinajstić information content (AvgIpc) is 3.18. The Balaban J connectivity index is 0. The van der Waals surface area contributed by atoms with Crippen molar-refractivity contribution >= 4 is 30.2 Å². The Morgan fingerprint density at radius 1 is 0.500 bits per heavy atom. The van der Waals surface area contributed by atoms with Crippen molar-refractivity contribution in [2.24, 2.45) is 0 Å². The largest absolute Gasteiger partial charge is 0.483 e. The number of rotatable bonds is 22. The maximum Gasteiger partial charge on any atom is 0.421 e. The van der Waals surface area contributed by atoms with Crippen LogP contribution in [0, 0.1) is 114 Å². The zero-order valence-electron chi connectivity index (χ0n) is 33.2. The number of hydrogen-bond donors (Lipinski definition) is 5. The van der Waals surface area contributed by atoms with Crippen LogP contribution in [0.15, 0.2) is 0 Å². The molecule has 14 heteroatoms. The summed E-state index contributed by atoms with van der Waals surface area (Å²) in [6.07, 6.45) is 15.2. The molecule has 0 saturated heterocycles. The first-order valence-corrected chi connectivity index (χ1v) is 18.5. The molecule has 0 aromatic rings. The fourth-order valence-corrected chi connectivity index (χ4v) is 4.20. The zero-order valence-corrected chi connectivity index (χ0v) is 39.6. The summed E-state index contributed by atoms with van der Waals surface area (Å²) in [6, 6.07) is -0.912. The molecule has 0 fully saturated rings. The molecule has 300 valence electrons. The fraction of sp³-hybridized carbons (Fsp3) is 0.455. The van der Waals surface area contributed by atoms with Crippen molar-refractivity contribution in [1.82, 2.24) is 31.5 Å². The normalized spacial score (nSPS) is 8.22. The molecular formula is C44H49N6O7Rf-. The molecule has 58 heavy (non-hydrogen) atoms. The van der Waals surface area contributed by atoms with Crippen LogP contribution in [-0.4, -0.2) is 80.9 Å². The van der Waals surface area contributed by atoms with Crippen LogP contribution < -0.4 is 26.6 Å². The van der Waals surface area contributed by atoms with Gasteiger partial charge in [0.15, 0.2) is 0 Å². The van der Waals surface area contributed by atoms with Crippen molar-refractivity contribution in [3.63, 3.8) is 0 Å². The molecule has 0 atom stereocenters. The smallest absolute Gasteiger partial charge is 0.421 e. The number of carbonyl (C=O) groups excluding carboxylic acids is 5. The standard InChI is InChI=1S/C44H49N6O7.Rf/c1-4-6-7-8-9-10-11-12-13-14-15-16-17-18-25-32-39-57-44(55)49-37-29-22-21-28-35-47-42(53)50(38-31-24-23-30-36-48-43(54)56-5-2)41(52)46-34-27-20-19-26-33-45-40(3)51;/h1H,2,5,19-24,26-31,33-38H2,3H3,(H,45,51)(H,46,52)(H,47,53)(H,48,54)(H,49,55);/q-1;. The number of terminal acetylenes is 1. The molecule has 0 saturated carbocycles. The van der Waals surface area contributed by atoms with Gasteiger partial charge in [0.1, 0.15) is 6.11 Å². The van der Waals surface area contributed by atoms with E-state index in [9.17, 15) is 24.0 Å². The molecule has 0 aliphatic rings. The molecule has 13 nitrogen and oxygen atoms in total. The summed E-state index contributed by atoms with van der Waals surface area (Å²) >= 11 is 0. The van der Waals surface area contributed by atoms with Gasteiger partial charge in [-0.05, 0) is 92.5 Å². The monoisotopic (exact) mass is 1040 g/mol. The molecule has 7 amide bonds. The Kier molecular flexibility index (Phi) is 35.8. The summed E-state index contributed by atoms with van der Waals surface area (Å²) in [4.78, 5) is 61.2. The Morgan fingerprint density at radius 3 is 1.28 bits per heavy atom. The number of carbonyl (C=O) groups is 5. The number of urea groups is 2. The van der Waals surface area contributed by atoms with Gasteiger partial charge in [-0.25, -0.2) is 24.1 Å². The van der Waals surface area contributed by atoms with Crippen molar-refractivity contribution in [3.8, 4) is 107 Å². The molecule has 0 rings (SSSR count). The summed E-state index contributed by atoms with van der Waals surface area (Å²) in [5, 5.41) is 13.7. The molecule has 0 heterocycles. The minimum Gasteiger partial charge on any atom is -0.483 e. The van der Waals surface area contributed by atoms with Gasteiger partial charge in [0.2, 0.25) is 5.91 Å². The second-order valence-electron chi connectivity index (χ2n) is 11.3. The number of imide groups is 1. The van der Waals surface area contributed by atoms with Gasteiger partial charge >= 0.3 is 24.2 Å². The number of unbranched alkanes of at least 4 members (excludes halogenated alkanes) is 9. The fourth-order valence-electron chi connectivity index (χ4n) is 4.20. The Bertz CT molecular complexity index is 1870. The van der Waals surface area contributed by atoms with Gasteiger partial charge in [-0.2, -0.15) is 0 Å². The number of amides is 7. The first-order chi connectivity index (χ1) is 27.8. The van der Waals surface area contributed by atoms with Gasteiger partial charge in [0.25, 0.3) is 0 Å². The number of nitrogens with one attached hydrogen (secondary N) is 5. The first-order valence-electron chi connectivity index (χ1n) is 18.5. The van der Waals surface area contributed by atoms with E-state index in [-0.39, 0.29) is 19.1 Å². The third-order valence-corrected chi connectivity index (χ3v) is 6.85. The van der Waals surface area contributed by atoms with Crippen molar-refractivity contribution in [1.29, 1.82) is 0 Å². The minimum absolute atomic E-state index is 0. The van der Waals surface area contributed by atoms with Crippen LogP contribution in [0.5, 0.6) is 0 Å². The van der Waals surface area contributed by atoms with Crippen molar-refractivity contribution in [2.75, 3.05) is 45.9 Å². The SMILES string of the molecule is C#CC#CC#CC#CC#CC#CC#CC#CC#COC(=O)NCCCCCCNC(=O)N(CCCCCCNC(=O)OC[CH2-])C(=O)NCCCCCCNC(C)=O.[Rf]. The van der Waals surface area contributed by atoms with E-state index in [1.165, 1.54) is 11.8 Å². The first kappa shape index (κ1) is 51.9. The summed E-state index contributed by atoms with van der Waals surface area (Å²) in [7, 11) is 0. The third-order valence-electron chi connectivity index (χ3n) is 6.85. The zero-order chi connectivity index (χ0) is 41.9. The van der Waals surface area contributed by atoms with Gasteiger partial charge in [0.05, 0.1) is 0 Å². The van der Waals surface area contributed by atoms with Crippen LogP contribution in [0.25, 0.3) is 0 Å². The molecule has 0 aromatic heterocycles. The molecule has 0 unspecified atom stereocenters. The van der Waals surface area contributed by atoms with E-state index < -0.39 is 24.2 Å². The quantitative estimate of drug-likeness (QED) is 0.0630. The predicted molar refractivity (Wildman–Crippen MR) is 218 cm³/mol. The van der Waals surface area contributed by atoms with E-state index in [0.29, 0.717) is 52.0 Å². The summed E-state index contributed by atoms with van der Waals surface area (Å²) in [5.41, 5.74) is 0. The van der Waals surface area contributed by atoms with Crippen LogP contribution >= 0.6 is 0 Å². The maximum absolute atomic E-state index is 13.0. The van der Waals surface area contributed by atoms with Gasteiger partial charge in [0, 0.05) is 93.6 Å². The van der Waals surface area contributed by atoms with E-state index in [2.05, 4.69) is 134 Å². The average molecular weight is 1040 g/mol. The van der Waals surface area contributed by atoms with Crippen LogP contribution in [-0.2, 0) is 14.3 Å². The number of alkyl carbamates (subject to hydrolysis) is 2. The van der Waals surface area contributed by atoms with Gasteiger partial charge < -0.3 is 43.0 Å². The van der Waals surface area contributed by atoms with E-state index in [4.69, 9.17) is 15.9 Å². The van der Waals surface area contributed by atoms with Gasteiger partial charge in [-0.1, -0.05) is 38.5 Å². The molecule has 0 bridgehead atoms. The molecule has 0 aliphatic carbocycles. The van der Waals surface area contributed by atoms with Crippen molar-refractivity contribution in [3.05, 3.63) is 6.92 Å². The molecular weight excluding hydrogens is 992 g/mol. The molecule has 0 aromatic carbocycles. The Labute approximate surface area is 338 Å². The Hall–Kier alpha value is -8.21. The van der Waals surface area contributed by atoms with Crippen molar-refractivity contribution in [2.45, 2.75) is 84.0 Å². The van der Waals surface area contributed by atoms with Crippen LogP contribution in [0.1, 0.15) is 84.0 Å². The van der Waals surface area contributed by atoms with Gasteiger partial charge in [-0.3, -0.25) is 4.79 Å². The second kappa shape index (κ2) is 40.0. The van der Waals surface area contributed by atoms with E-state index in [0.717, 1.165) is 57.8 Å².